The van der Waals surface area contributed by atoms with E-state index in [-0.39, 0.29) is 23.5 Å². The standard InChI is InChI=1S/C27H29N5O.2C26H27N5O2/c1-19-5-3-4-6-21(19)9-10-28-20(2)27-30-16-22(17-31-27)24-7-8-26-25(24)15-23(18-29-26)32-11-13-33-14-12-32;2*1-18-3-2-4-19(13-18)7-8-27-26(32)25-29-15-20(16-30-25)22-5-6-24-23(22)14-21(17-28-24)31-9-11-33-12-10-31/h3-7,15-18,28H,2,8-14H2,1H3;2*2-5,13-17H,6-12H2,1H3,(H,27,32). The predicted octanol–water partition coefficient (Wildman–Crippen LogP) is 9.76. The summed E-state index contributed by atoms with van der Waals surface area (Å²) in [7, 11) is 0. The maximum absolute atomic E-state index is 12.5. The number of aromatic nitrogens is 9. The first-order valence-electron chi connectivity index (χ1n) is 34.2. The van der Waals surface area contributed by atoms with Gasteiger partial charge in [0.15, 0.2) is 5.82 Å². The Balaban J connectivity index is 0.000000133. The van der Waals surface area contributed by atoms with E-state index in [0.717, 1.165) is 208 Å². The largest absolute Gasteiger partial charge is 0.382 e. The van der Waals surface area contributed by atoms with Gasteiger partial charge in [-0.1, -0.05) is 109 Å². The summed E-state index contributed by atoms with van der Waals surface area (Å²) in [5.74, 6) is 0.476. The summed E-state index contributed by atoms with van der Waals surface area (Å²) in [5, 5.41) is 9.19. The maximum Gasteiger partial charge on any atom is 0.289 e. The van der Waals surface area contributed by atoms with E-state index in [2.05, 4.69) is 195 Å². The number of carbonyl (C=O) groups excluding carboxylic acids is 2. The summed E-state index contributed by atoms with van der Waals surface area (Å²) >= 11 is 0. The van der Waals surface area contributed by atoms with E-state index in [9.17, 15) is 9.59 Å². The first-order chi connectivity index (χ1) is 48.5. The van der Waals surface area contributed by atoms with Crippen molar-refractivity contribution in [3.8, 4) is 0 Å². The predicted molar refractivity (Wildman–Crippen MR) is 387 cm³/mol. The fourth-order valence-corrected chi connectivity index (χ4v) is 13.0. The molecule has 6 aliphatic rings. The minimum atomic E-state index is -0.258. The number of rotatable bonds is 19. The molecule has 0 spiro atoms. The lowest BCUT2D eigenvalue weighted by atomic mass is 10.0. The Bertz CT molecular complexity index is 4250. The third-order valence-electron chi connectivity index (χ3n) is 18.5. The van der Waals surface area contributed by atoms with Crippen LogP contribution in [0.25, 0.3) is 22.4 Å². The van der Waals surface area contributed by atoms with Gasteiger partial charge in [-0.25, -0.2) is 29.9 Å². The van der Waals surface area contributed by atoms with Gasteiger partial charge in [0.1, 0.15) is 0 Å². The van der Waals surface area contributed by atoms with Gasteiger partial charge in [0.25, 0.3) is 11.8 Å². The van der Waals surface area contributed by atoms with Crippen molar-refractivity contribution in [2.75, 3.05) is 113 Å². The average Bonchev–Trinajstić information content (AvgIpc) is 1.80. The van der Waals surface area contributed by atoms with Crippen LogP contribution in [0.3, 0.4) is 0 Å². The summed E-state index contributed by atoms with van der Waals surface area (Å²) in [5.41, 5.74) is 24.3. The number of ether oxygens (including phenoxy) is 3. The van der Waals surface area contributed by atoms with Gasteiger partial charge in [-0.3, -0.25) is 24.5 Å². The van der Waals surface area contributed by atoms with Gasteiger partial charge in [-0.05, 0) is 97.2 Å². The summed E-state index contributed by atoms with van der Waals surface area (Å²) < 4.78 is 16.4. The number of anilines is 3. The number of amides is 2. The van der Waals surface area contributed by atoms with E-state index in [4.69, 9.17) is 19.2 Å². The second-order valence-electron chi connectivity index (χ2n) is 25.3. The third kappa shape index (κ3) is 16.8. The van der Waals surface area contributed by atoms with Gasteiger partial charge in [-0.2, -0.15) is 0 Å². The first kappa shape index (κ1) is 66.9. The van der Waals surface area contributed by atoms with E-state index in [1.807, 2.05) is 43.1 Å². The van der Waals surface area contributed by atoms with Crippen LogP contribution in [0.1, 0.15) is 111 Å². The quantitative estimate of drug-likeness (QED) is 0.0685. The highest BCUT2D eigenvalue weighted by Gasteiger charge is 2.25. The minimum absolute atomic E-state index is 0.182. The highest BCUT2D eigenvalue weighted by atomic mass is 16.5. The molecule has 99 heavy (non-hydrogen) atoms. The van der Waals surface area contributed by atoms with Gasteiger partial charge < -0.3 is 44.9 Å². The molecule has 20 nitrogen and oxygen atoms in total. The van der Waals surface area contributed by atoms with Gasteiger partial charge in [0.2, 0.25) is 11.6 Å². The molecule has 0 atom stereocenters. The number of pyridine rings is 3. The summed E-state index contributed by atoms with van der Waals surface area (Å²) in [6.07, 6.45) is 28.0. The van der Waals surface area contributed by atoms with Crippen LogP contribution in [0, 0.1) is 20.8 Å². The Kier molecular flexibility index (Phi) is 21.7. The Morgan fingerprint density at radius 1 is 0.414 bits per heavy atom. The zero-order valence-electron chi connectivity index (χ0n) is 56.6. The Labute approximate surface area is 578 Å². The Morgan fingerprint density at radius 3 is 1.15 bits per heavy atom. The molecule has 20 heteroatoms. The number of aryl methyl sites for hydroxylation is 3. The molecule has 9 heterocycles. The lowest BCUT2D eigenvalue weighted by molar-refractivity contribution is 0.0935. The molecule has 3 fully saturated rings. The zero-order chi connectivity index (χ0) is 67.9. The van der Waals surface area contributed by atoms with Crippen molar-refractivity contribution in [1.29, 1.82) is 0 Å². The monoisotopic (exact) mass is 1320 g/mol. The van der Waals surface area contributed by atoms with Crippen LogP contribution >= 0.6 is 0 Å². The topological polar surface area (TPSA) is 224 Å². The normalized spacial score (nSPS) is 15.2. The minimum Gasteiger partial charge on any atom is -0.382 e. The molecule has 504 valence electrons. The highest BCUT2D eigenvalue weighted by Crippen LogP contribution is 2.37. The number of hydrogen-bond acceptors (Lipinski definition) is 18. The number of nitrogens with one attached hydrogen (secondary N) is 3. The van der Waals surface area contributed by atoms with Crippen molar-refractivity contribution in [3.05, 3.63) is 273 Å². The van der Waals surface area contributed by atoms with E-state index in [1.165, 1.54) is 38.9 Å². The third-order valence-corrected chi connectivity index (χ3v) is 18.5. The van der Waals surface area contributed by atoms with Crippen LogP contribution in [-0.2, 0) is 52.7 Å². The molecule has 0 bridgehead atoms. The highest BCUT2D eigenvalue weighted by molar-refractivity contribution is 5.92. The smallest absolute Gasteiger partial charge is 0.289 e. The molecule has 3 saturated heterocycles. The van der Waals surface area contributed by atoms with Crippen molar-refractivity contribution < 1.29 is 23.8 Å². The van der Waals surface area contributed by atoms with Gasteiger partial charge in [-0.15, -0.1) is 0 Å². The van der Waals surface area contributed by atoms with Crippen molar-refractivity contribution in [2.24, 2.45) is 0 Å². The Morgan fingerprint density at radius 2 is 0.778 bits per heavy atom. The molecule has 6 aromatic heterocycles. The second-order valence-corrected chi connectivity index (χ2v) is 25.3. The molecule has 3 N–H and O–H groups in total. The van der Waals surface area contributed by atoms with Crippen LogP contribution < -0.4 is 30.7 Å². The van der Waals surface area contributed by atoms with Crippen molar-refractivity contribution in [2.45, 2.75) is 59.3 Å². The van der Waals surface area contributed by atoms with Crippen molar-refractivity contribution >= 4 is 51.3 Å². The van der Waals surface area contributed by atoms with Gasteiger partial charge in [0.05, 0.1) is 98.1 Å². The summed E-state index contributed by atoms with van der Waals surface area (Å²) in [6.45, 7) is 22.0. The average molecular weight is 1320 g/mol. The van der Waals surface area contributed by atoms with Crippen LogP contribution in [0.4, 0.5) is 17.1 Å². The number of hydrogen-bond donors (Lipinski definition) is 3. The van der Waals surface area contributed by atoms with Crippen LogP contribution in [-0.4, -0.2) is 155 Å². The molecular weight excluding hydrogens is 1240 g/mol. The number of nitrogens with zero attached hydrogens (tertiary/aromatic N) is 12. The summed E-state index contributed by atoms with van der Waals surface area (Å²) in [6, 6.07) is 31.7. The number of allylic oxidation sites excluding steroid dienone is 3. The van der Waals surface area contributed by atoms with E-state index in [1.54, 1.807) is 24.8 Å². The second kappa shape index (κ2) is 32.1. The summed E-state index contributed by atoms with van der Waals surface area (Å²) in [4.78, 5) is 72.5. The van der Waals surface area contributed by atoms with E-state index >= 15 is 0 Å². The molecule has 2 amide bonds. The number of morpholine rings is 3. The number of fused-ring (bicyclic) bond motifs is 3. The maximum atomic E-state index is 12.5. The van der Waals surface area contributed by atoms with Crippen molar-refractivity contribution in [3.63, 3.8) is 0 Å². The number of carbonyl (C=O) groups is 2. The molecule has 3 aliphatic heterocycles. The van der Waals surface area contributed by atoms with E-state index < -0.39 is 0 Å². The molecule has 0 saturated carbocycles. The molecule has 15 rings (SSSR count). The lowest BCUT2D eigenvalue weighted by Gasteiger charge is -2.29. The van der Waals surface area contributed by atoms with Crippen LogP contribution in [0.2, 0.25) is 0 Å². The van der Waals surface area contributed by atoms with Crippen molar-refractivity contribution in [1.82, 2.24) is 60.8 Å². The fourth-order valence-electron chi connectivity index (χ4n) is 13.0. The molecular formula is C79H83N15O5. The lowest BCUT2D eigenvalue weighted by Crippen LogP contribution is -2.36. The molecule has 0 unspecified atom stereocenters. The van der Waals surface area contributed by atoms with Gasteiger partial charge in [0, 0.05) is 149 Å². The Hall–Kier alpha value is -10.7. The molecule has 0 radical (unpaired) electrons. The molecule has 9 aromatic rings. The molecule has 3 aliphatic carbocycles. The molecule has 3 aromatic carbocycles. The zero-order valence-corrected chi connectivity index (χ0v) is 56.6. The number of benzene rings is 3. The van der Waals surface area contributed by atoms with E-state index in [0.29, 0.717) is 18.9 Å². The van der Waals surface area contributed by atoms with Crippen LogP contribution in [0.15, 0.2) is 172 Å². The van der Waals surface area contributed by atoms with Crippen LogP contribution in [0.5, 0.6) is 0 Å². The SMILES string of the molecule is C=C(NCCc1ccccc1C)c1ncc(C2=CCc3ncc(N4CCOCC4)cc32)cn1.Cc1cccc(CCNC(=O)c2ncc(C3=CCc4ncc(N5CCOCC5)cc43)cn2)c1.Cc1cccc(CCNC(=O)c2ncc(C3=CCc4ncc(N5CCOCC5)cc43)cn2)c1. The van der Waals surface area contributed by atoms with Gasteiger partial charge >= 0.3 is 0 Å². The fraction of sp³-hybridized carbons (Fsp3) is 0.304. The first-order valence-corrected chi connectivity index (χ1v) is 34.2.